The summed E-state index contributed by atoms with van der Waals surface area (Å²) in [5.41, 5.74) is 9.82. The van der Waals surface area contributed by atoms with Crippen LogP contribution in [-0.4, -0.2) is 125 Å². The lowest BCUT2D eigenvalue weighted by molar-refractivity contribution is -0.691. The number of rotatable bonds is 17. The molecule has 56 heavy (non-hydrogen) atoms. The number of aliphatic carboxylic acids is 2. The lowest BCUT2D eigenvalue weighted by Gasteiger charge is -2.49. The number of pyridine rings is 1. The first kappa shape index (κ1) is 41.0. The SMILES string of the molecule is C[C@H](O/N=C(\C(=O)N[C@@H]1C(=O)N2C(C(=O)O)=C(C[n+]3cnc(NCCN)c(NCCNC(=O)c4cc(=O)c(O)cn4O)c3)CSC12)c1nc(N)sc1Cl)C(=O)O. The zero-order chi connectivity index (χ0) is 40.8. The number of nitrogens with zero attached hydrogens (tertiary/aromatic N) is 6. The normalized spacial score (nSPS) is 17.0. The number of anilines is 3. The maximum atomic E-state index is 13.4. The van der Waals surface area contributed by atoms with Crippen LogP contribution >= 0.6 is 34.7 Å². The third kappa shape index (κ3) is 9.02. The second kappa shape index (κ2) is 17.5. The summed E-state index contributed by atoms with van der Waals surface area (Å²) in [4.78, 5) is 89.2. The number of nitrogen functional groups attached to an aromatic ring is 1. The highest BCUT2D eigenvalue weighted by molar-refractivity contribution is 8.00. The molecule has 3 amide bonds. The van der Waals surface area contributed by atoms with Gasteiger partial charge in [0.2, 0.25) is 11.5 Å². The number of halogens is 1. The van der Waals surface area contributed by atoms with Crippen molar-refractivity contribution < 1.29 is 53.9 Å². The number of β-lactam (4-membered cyclic amide) rings is 1. The van der Waals surface area contributed by atoms with Crippen molar-refractivity contribution in [3.63, 3.8) is 0 Å². The summed E-state index contributed by atoms with van der Waals surface area (Å²) in [6, 6.07) is -0.435. The number of carbonyl (C=O) groups is 5. The van der Waals surface area contributed by atoms with E-state index >= 15 is 0 Å². The Morgan fingerprint density at radius 1 is 1.20 bits per heavy atom. The Labute approximate surface area is 327 Å². The van der Waals surface area contributed by atoms with Crippen LogP contribution in [0.4, 0.5) is 16.6 Å². The zero-order valence-electron chi connectivity index (χ0n) is 29.0. The van der Waals surface area contributed by atoms with Gasteiger partial charge in [-0.15, -0.1) is 11.8 Å². The second-order valence-corrected chi connectivity index (χ2v) is 14.5. The van der Waals surface area contributed by atoms with Crippen LogP contribution < -0.4 is 42.7 Å². The van der Waals surface area contributed by atoms with Crippen LogP contribution in [0.15, 0.2) is 46.0 Å². The van der Waals surface area contributed by atoms with Crippen molar-refractivity contribution in [1.82, 2.24) is 30.2 Å². The van der Waals surface area contributed by atoms with Gasteiger partial charge in [-0.2, -0.15) is 4.73 Å². The largest absolute Gasteiger partial charge is 0.503 e. The number of hydrogen-bond donors (Lipinski definition) is 10. The van der Waals surface area contributed by atoms with Gasteiger partial charge in [-0.1, -0.05) is 28.1 Å². The average molecular weight is 838 g/mol. The van der Waals surface area contributed by atoms with Gasteiger partial charge < -0.3 is 58.1 Å². The van der Waals surface area contributed by atoms with Gasteiger partial charge in [-0.25, -0.2) is 19.1 Å². The van der Waals surface area contributed by atoms with E-state index in [2.05, 4.69) is 36.4 Å². The van der Waals surface area contributed by atoms with Crippen LogP contribution in [0.1, 0.15) is 23.1 Å². The predicted octanol–water partition coefficient (Wildman–Crippen LogP) is -1.99. The van der Waals surface area contributed by atoms with Crippen molar-refractivity contribution >= 4 is 86.7 Å². The molecule has 1 fully saturated rings. The molecule has 5 rings (SSSR count). The van der Waals surface area contributed by atoms with Crippen molar-refractivity contribution in [2.24, 2.45) is 10.9 Å². The minimum atomic E-state index is -1.46. The number of nitrogens with one attached hydrogen (secondary N) is 4. The summed E-state index contributed by atoms with van der Waals surface area (Å²) < 4.78 is 1.84. The number of thioether (sulfide) groups is 1. The number of aromatic nitrogens is 4. The fraction of sp³-hybridized carbons (Fsp3) is 0.333. The Kier molecular flexibility index (Phi) is 12.8. The highest BCUT2D eigenvalue weighted by Gasteiger charge is 2.54. The molecule has 26 heteroatoms. The summed E-state index contributed by atoms with van der Waals surface area (Å²) in [5.74, 6) is -5.53. The van der Waals surface area contributed by atoms with Gasteiger partial charge in [0.1, 0.15) is 51.3 Å². The lowest BCUT2D eigenvalue weighted by atomic mass is 10.0. The topological polar surface area (TPSA) is 343 Å². The van der Waals surface area contributed by atoms with Crippen molar-refractivity contribution in [1.29, 1.82) is 0 Å². The van der Waals surface area contributed by atoms with E-state index in [0.717, 1.165) is 22.3 Å². The van der Waals surface area contributed by atoms with Gasteiger partial charge in [-0.05, 0) is 11.9 Å². The molecule has 3 aromatic heterocycles. The van der Waals surface area contributed by atoms with E-state index in [-0.39, 0.29) is 52.8 Å². The lowest BCUT2D eigenvalue weighted by Crippen LogP contribution is -2.71. The Balaban J connectivity index is 1.30. The summed E-state index contributed by atoms with van der Waals surface area (Å²) in [7, 11) is 0. The summed E-state index contributed by atoms with van der Waals surface area (Å²) in [5, 5.41) is 52.7. The molecular weight excluding hydrogens is 804 g/mol. The number of carboxylic acid groups (broad SMARTS) is 2. The molecule has 5 heterocycles. The Hall–Kier alpha value is -6.18. The van der Waals surface area contributed by atoms with E-state index in [1.165, 1.54) is 25.0 Å². The fourth-order valence-corrected chi connectivity index (χ4v) is 7.49. The monoisotopic (exact) mass is 837 g/mol. The fourth-order valence-electron chi connectivity index (χ4n) is 5.22. The molecule has 0 radical (unpaired) electrons. The Morgan fingerprint density at radius 3 is 2.61 bits per heavy atom. The number of aromatic hydroxyl groups is 1. The number of amides is 3. The molecule has 0 spiro atoms. The molecule has 23 nitrogen and oxygen atoms in total. The maximum absolute atomic E-state index is 13.4. The number of nitrogens with two attached hydrogens (primary N) is 2. The van der Waals surface area contributed by atoms with E-state index in [0.29, 0.717) is 34.6 Å². The van der Waals surface area contributed by atoms with Crippen molar-refractivity contribution in [2.75, 3.05) is 48.3 Å². The van der Waals surface area contributed by atoms with Gasteiger partial charge in [0.15, 0.2) is 16.6 Å². The molecular formula is C30H34ClN12O11S2+. The average Bonchev–Trinajstić information content (AvgIpc) is 3.49. The van der Waals surface area contributed by atoms with Gasteiger partial charge in [0, 0.05) is 43.6 Å². The molecule has 1 unspecified atom stereocenters. The molecule has 0 aromatic carbocycles. The molecule has 12 N–H and O–H groups in total. The highest BCUT2D eigenvalue weighted by Crippen LogP contribution is 2.40. The molecule has 3 aromatic rings. The molecule has 0 bridgehead atoms. The molecule has 2 aliphatic heterocycles. The second-order valence-electron chi connectivity index (χ2n) is 11.8. The Bertz CT molecular complexity index is 2200. The maximum Gasteiger partial charge on any atom is 0.352 e. The number of carbonyl (C=O) groups excluding carboxylic acids is 3. The highest BCUT2D eigenvalue weighted by atomic mass is 35.5. The first-order chi connectivity index (χ1) is 26.6. The van der Waals surface area contributed by atoms with E-state index in [1.54, 1.807) is 10.8 Å². The van der Waals surface area contributed by atoms with E-state index < -0.39 is 69.8 Å². The van der Waals surface area contributed by atoms with Crippen molar-refractivity contribution in [2.45, 2.75) is 31.0 Å². The summed E-state index contributed by atoms with van der Waals surface area (Å²) in [6.07, 6.45) is 2.29. The van der Waals surface area contributed by atoms with Crippen molar-refractivity contribution in [3.05, 3.63) is 62.0 Å². The van der Waals surface area contributed by atoms with Crippen LogP contribution in [0, 0.1) is 0 Å². The minimum Gasteiger partial charge on any atom is -0.503 e. The number of oxime groups is 1. The smallest absolute Gasteiger partial charge is 0.352 e. The molecule has 3 atom stereocenters. The van der Waals surface area contributed by atoms with E-state index in [9.17, 15) is 44.2 Å². The minimum absolute atomic E-state index is 0.00689. The quantitative estimate of drug-likeness (QED) is 0.0176. The Morgan fingerprint density at radius 2 is 1.95 bits per heavy atom. The molecule has 2 aliphatic rings. The number of hydrogen-bond acceptors (Lipinski definition) is 18. The van der Waals surface area contributed by atoms with Crippen molar-refractivity contribution in [3.8, 4) is 5.75 Å². The van der Waals surface area contributed by atoms with Crippen LogP contribution in [0.25, 0.3) is 0 Å². The first-order valence-corrected chi connectivity index (χ1v) is 18.4. The first-order valence-electron chi connectivity index (χ1n) is 16.2. The van der Waals surface area contributed by atoms with Crippen LogP contribution in [0.3, 0.4) is 0 Å². The standard InChI is InChI=1S/C30H33ClN12O11S2/c1-12(28(49)50)54-40-19(18-22(31)56-30(33)39-18)25(47)38-20-26(48)43-21(29(51)52)13(10-55-27(20)43)7-41-8-14(23(37-11-41)35-3-2-32)34-4-5-36-24(46)15-6-16(44)17(45)9-42(15)53/h6,8-9,11-12,20,27,34,53H,2-5,7,10,32H2,1H3,(H7,33,36,38,39,45,46,47,49,50,51,52)/p+1/b40-19-/t12-,20+,27?/m0/s1. The number of fused-ring (bicyclic) bond motifs is 1. The predicted molar refractivity (Wildman–Crippen MR) is 198 cm³/mol. The zero-order valence-corrected chi connectivity index (χ0v) is 31.4. The van der Waals surface area contributed by atoms with Gasteiger partial charge in [0.25, 0.3) is 29.9 Å². The third-order valence-corrected chi connectivity index (χ3v) is 10.3. The number of carboxylic acids is 2. The summed E-state index contributed by atoms with van der Waals surface area (Å²) in [6.45, 7) is 1.91. The van der Waals surface area contributed by atoms with Gasteiger partial charge in [-0.3, -0.25) is 24.1 Å². The van der Waals surface area contributed by atoms with Gasteiger partial charge >= 0.3 is 11.9 Å². The molecule has 1 saturated heterocycles. The molecule has 298 valence electrons. The van der Waals surface area contributed by atoms with E-state index in [1.807, 2.05) is 0 Å². The summed E-state index contributed by atoms with van der Waals surface area (Å²) >= 11 is 8.18. The van der Waals surface area contributed by atoms with Crippen LogP contribution in [-0.2, 0) is 30.6 Å². The van der Waals surface area contributed by atoms with E-state index in [4.69, 9.17) is 33.0 Å². The third-order valence-electron chi connectivity index (χ3n) is 7.89. The van der Waals surface area contributed by atoms with Crippen LogP contribution in [0.5, 0.6) is 5.75 Å². The number of thiazole rings is 1. The molecule has 0 saturated carbocycles. The van der Waals surface area contributed by atoms with Gasteiger partial charge in [0.05, 0.1) is 6.20 Å². The molecule has 0 aliphatic carbocycles. The van der Waals surface area contributed by atoms with Crippen LogP contribution in [0.2, 0.25) is 4.34 Å².